The minimum Gasteiger partial charge on any atom is -0.612 e. The topological polar surface area (TPSA) is 62.1 Å². The van der Waals surface area contributed by atoms with Crippen LogP contribution in [-0.2, 0) is 17.7 Å². The molecule has 0 fully saturated rings. The van der Waals surface area contributed by atoms with Crippen molar-refractivity contribution in [3.05, 3.63) is 74.6 Å². The van der Waals surface area contributed by atoms with Gasteiger partial charge in [-0.1, -0.05) is 28.1 Å². The minimum atomic E-state index is -1.03. The minimum absolute atomic E-state index is 0.147. The predicted molar refractivity (Wildman–Crippen MR) is 99.2 cm³/mol. The maximum absolute atomic E-state index is 12.7. The van der Waals surface area contributed by atoms with E-state index in [1.165, 1.54) is 4.57 Å². The van der Waals surface area contributed by atoms with Crippen LogP contribution in [0.25, 0.3) is 10.8 Å². The van der Waals surface area contributed by atoms with Crippen LogP contribution in [0.1, 0.15) is 15.9 Å². The number of fused-ring (bicyclic) bond motifs is 1. The van der Waals surface area contributed by atoms with Crippen molar-refractivity contribution in [2.45, 2.75) is 11.4 Å². The molecule has 4 nitrogen and oxygen atoms in total. The molecule has 0 bridgehead atoms. The molecule has 3 aromatic rings. The lowest BCUT2D eigenvalue weighted by Gasteiger charge is -2.11. The summed E-state index contributed by atoms with van der Waals surface area (Å²) in [7, 11) is 0. The van der Waals surface area contributed by atoms with Gasteiger partial charge < -0.3 is 9.12 Å². The van der Waals surface area contributed by atoms with Gasteiger partial charge in [-0.3, -0.25) is 9.59 Å². The SMILES string of the molecule is C[S+]([O-])c1ccc(Cn2cc(C=O)c3cc(Br)ccc3c2=O)cc1. The van der Waals surface area contributed by atoms with Crippen LogP contribution in [0.15, 0.2) is 62.8 Å². The molecule has 1 unspecified atom stereocenters. The summed E-state index contributed by atoms with van der Waals surface area (Å²) in [5.41, 5.74) is 1.23. The molecular formula is C18H14BrNO3S. The van der Waals surface area contributed by atoms with Gasteiger partial charge in [-0.05, 0) is 47.1 Å². The van der Waals surface area contributed by atoms with Crippen molar-refractivity contribution in [1.82, 2.24) is 4.57 Å². The number of carbonyl (C=O) groups is 1. The van der Waals surface area contributed by atoms with Crippen LogP contribution in [0, 0.1) is 0 Å². The Morgan fingerprint density at radius 1 is 1.17 bits per heavy atom. The summed E-state index contributed by atoms with van der Waals surface area (Å²) in [6, 6.07) is 12.5. The van der Waals surface area contributed by atoms with Crippen molar-refractivity contribution in [2.24, 2.45) is 0 Å². The smallest absolute Gasteiger partial charge is 0.258 e. The van der Waals surface area contributed by atoms with Crippen molar-refractivity contribution < 1.29 is 9.35 Å². The second kappa shape index (κ2) is 6.93. The molecule has 1 atom stereocenters. The number of pyridine rings is 1. The van der Waals surface area contributed by atoms with Gasteiger partial charge in [-0.25, -0.2) is 0 Å². The molecule has 0 saturated heterocycles. The Kier molecular flexibility index (Phi) is 4.89. The molecule has 6 heteroatoms. The number of rotatable bonds is 4. The molecule has 0 aliphatic heterocycles. The van der Waals surface area contributed by atoms with Crippen molar-refractivity contribution in [3.63, 3.8) is 0 Å². The lowest BCUT2D eigenvalue weighted by atomic mass is 10.1. The third kappa shape index (κ3) is 3.31. The Morgan fingerprint density at radius 2 is 1.88 bits per heavy atom. The molecule has 0 spiro atoms. The first-order valence-corrected chi connectivity index (χ1v) is 9.55. The Hall–Kier alpha value is -1.89. The van der Waals surface area contributed by atoms with E-state index in [-0.39, 0.29) is 5.56 Å². The van der Waals surface area contributed by atoms with Gasteiger partial charge in [0.25, 0.3) is 5.56 Å². The van der Waals surface area contributed by atoms with Gasteiger partial charge in [-0.2, -0.15) is 0 Å². The number of aldehydes is 1. The summed E-state index contributed by atoms with van der Waals surface area (Å²) in [6.07, 6.45) is 3.96. The summed E-state index contributed by atoms with van der Waals surface area (Å²) < 4.78 is 13.8. The molecule has 0 N–H and O–H groups in total. The first-order chi connectivity index (χ1) is 11.5. The van der Waals surface area contributed by atoms with Crippen LogP contribution in [0.4, 0.5) is 0 Å². The van der Waals surface area contributed by atoms with Gasteiger partial charge in [0.05, 0.1) is 6.54 Å². The highest BCUT2D eigenvalue weighted by Gasteiger charge is 2.10. The van der Waals surface area contributed by atoms with Gasteiger partial charge in [0.15, 0.2) is 11.2 Å². The zero-order chi connectivity index (χ0) is 17.3. The Bertz CT molecular complexity index is 964. The molecule has 0 saturated carbocycles. The number of hydrogen-bond acceptors (Lipinski definition) is 3. The monoisotopic (exact) mass is 403 g/mol. The van der Waals surface area contributed by atoms with E-state index < -0.39 is 11.2 Å². The lowest BCUT2D eigenvalue weighted by molar-refractivity contribution is 0.112. The van der Waals surface area contributed by atoms with Crippen molar-refractivity contribution in [1.29, 1.82) is 0 Å². The van der Waals surface area contributed by atoms with Gasteiger partial charge in [0.2, 0.25) is 0 Å². The van der Waals surface area contributed by atoms with Gasteiger partial charge in [0, 0.05) is 27.0 Å². The maximum Gasteiger partial charge on any atom is 0.258 e. The van der Waals surface area contributed by atoms with Crippen LogP contribution in [0.3, 0.4) is 0 Å². The Morgan fingerprint density at radius 3 is 2.50 bits per heavy atom. The standard InChI is InChI=1S/C18H14BrNO3S/c1-24(23)15-5-2-12(3-6-15)9-20-10-13(11-21)17-8-14(19)4-7-16(17)18(20)22/h2-8,10-11H,9H2,1H3. The number of halogens is 1. The normalized spacial score (nSPS) is 12.3. The fraction of sp³-hybridized carbons (Fsp3) is 0.111. The van der Waals surface area contributed by atoms with E-state index in [1.54, 1.807) is 42.8 Å². The van der Waals surface area contributed by atoms with E-state index in [9.17, 15) is 14.1 Å². The molecule has 1 aromatic heterocycles. The maximum atomic E-state index is 12.7. The third-order valence-electron chi connectivity index (χ3n) is 3.81. The van der Waals surface area contributed by atoms with E-state index >= 15 is 0 Å². The molecule has 0 amide bonds. The zero-order valence-corrected chi connectivity index (χ0v) is 15.3. The first kappa shape index (κ1) is 17.0. The molecule has 24 heavy (non-hydrogen) atoms. The molecular weight excluding hydrogens is 390 g/mol. The molecule has 0 aliphatic carbocycles. The molecule has 0 radical (unpaired) electrons. The highest BCUT2D eigenvalue weighted by molar-refractivity contribution is 9.10. The van der Waals surface area contributed by atoms with Gasteiger partial charge in [0.1, 0.15) is 6.26 Å². The van der Waals surface area contributed by atoms with E-state index in [2.05, 4.69) is 15.9 Å². The summed E-state index contributed by atoms with van der Waals surface area (Å²) >= 11 is 2.33. The molecule has 122 valence electrons. The van der Waals surface area contributed by atoms with Crippen LogP contribution in [0.5, 0.6) is 0 Å². The number of benzene rings is 2. The Balaban J connectivity index is 2.06. The van der Waals surface area contributed by atoms with E-state index in [4.69, 9.17) is 0 Å². The second-order valence-corrected chi connectivity index (χ2v) is 7.72. The number of aromatic nitrogens is 1. The van der Waals surface area contributed by atoms with Crippen LogP contribution in [0.2, 0.25) is 0 Å². The lowest BCUT2D eigenvalue weighted by Crippen LogP contribution is -2.21. The van der Waals surface area contributed by atoms with E-state index in [0.29, 0.717) is 22.9 Å². The fourth-order valence-corrected chi connectivity index (χ4v) is 3.47. The molecule has 1 heterocycles. The number of hydrogen-bond donors (Lipinski definition) is 0. The molecule has 2 aromatic carbocycles. The van der Waals surface area contributed by atoms with Crippen molar-refractivity contribution in [3.8, 4) is 0 Å². The van der Waals surface area contributed by atoms with Crippen molar-refractivity contribution in [2.75, 3.05) is 6.26 Å². The average Bonchev–Trinajstić information content (AvgIpc) is 2.57. The van der Waals surface area contributed by atoms with E-state index in [1.807, 2.05) is 12.1 Å². The summed E-state index contributed by atoms with van der Waals surface area (Å²) in [5, 5.41) is 1.14. The quantitative estimate of drug-likeness (QED) is 0.495. The second-order valence-electron chi connectivity index (χ2n) is 5.42. The summed E-state index contributed by atoms with van der Waals surface area (Å²) in [6.45, 7) is 0.350. The molecule has 0 aliphatic rings. The molecule has 3 rings (SSSR count). The largest absolute Gasteiger partial charge is 0.612 e. The average molecular weight is 404 g/mol. The highest BCUT2D eigenvalue weighted by atomic mass is 79.9. The zero-order valence-electron chi connectivity index (χ0n) is 12.9. The van der Waals surface area contributed by atoms with Crippen LogP contribution in [-0.4, -0.2) is 21.7 Å². The Labute approximate surface area is 150 Å². The predicted octanol–water partition coefficient (Wildman–Crippen LogP) is 3.36. The fourth-order valence-electron chi connectivity index (χ4n) is 2.59. The van der Waals surface area contributed by atoms with E-state index in [0.717, 1.165) is 21.2 Å². The summed E-state index contributed by atoms with van der Waals surface area (Å²) in [5.74, 6) is 0. The third-order valence-corrected chi connectivity index (χ3v) is 5.24. The first-order valence-electron chi connectivity index (χ1n) is 7.20. The number of nitrogens with zero attached hydrogens (tertiary/aromatic N) is 1. The van der Waals surface area contributed by atoms with Crippen molar-refractivity contribution >= 4 is 44.2 Å². The highest BCUT2D eigenvalue weighted by Crippen LogP contribution is 2.20. The number of carbonyl (C=O) groups excluding carboxylic acids is 1. The van der Waals surface area contributed by atoms with Gasteiger partial charge in [-0.15, -0.1) is 0 Å². The van der Waals surface area contributed by atoms with Gasteiger partial charge >= 0.3 is 0 Å². The van der Waals surface area contributed by atoms with Crippen LogP contribution >= 0.6 is 15.9 Å². The van der Waals surface area contributed by atoms with Crippen LogP contribution < -0.4 is 5.56 Å². The summed E-state index contributed by atoms with van der Waals surface area (Å²) in [4.78, 5) is 24.8.